The summed E-state index contributed by atoms with van der Waals surface area (Å²) >= 11 is 0. The van der Waals surface area contributed by atoms with Gasteiger partial charge in [0.15, 0.2) is 0 Å². The zero-order valence-electron chi connectivity index (χ0n) is 19.2. The third-order valence-electron chi connectivity index (χ3n) is 6.45. The van der Waals surface area contributed by atoms with Crippen LogP contribution in [0.25, 0.3) is 0 Å². The number of sulfonamides is 1. The molecule has 1 aliphatic rings. The SMILES string of the molecule is O=S(=O)(c1ccccc1F)N1Cc2ccccc2N(Cc2c[nH]cn2)C(CCc2ccccc2)C1. The fourth-order valence-corrected chi connectivity index (χ4v) is 6.20. The van der Waals surface area contributed by atoms with E-state index in [2.05, 4.69) is 27.0 Å². The number of nitrogens with one attached hydrogen (secondary N) is 1. The van der Waals surface area contributed by atoms with Crippen molar-refractivity contribution in [1.29, 1.82) is 0 Å². The predicted molar refractivity (Wildman–Crippen MR) is 134 cm³/mol. The number of aromatic nitrogens is 2. The van der Waals surface area contributed by atoms with Crippen molar-refractivity contribution < 1.29 is 12.8 Å². The summed E-state index contributed by atoms with van der Waals surface area (Å²) in [5, 5.41) is 0. The van der Waals surface area contributed by atoms with E-state index in [0.29, 0.717) is 6.54 Å². The first kappa shape index (κ1) is 23.3. The standard InChI is InChI=1S/C27H27FN4O2S/c28-25-11-5-7-13-27(25)35(33,34)31-17-22-10-4-6-12-26(22)32(18-23-16-29-20-30-23)24(19-31)15-14-21-8-2-1-3-9-21/h1-13,16,20,24H,14-15,17-19H2,(H,29,30). The van der Waals surface area contributed by atoms with E-state index in [9.17, 15) is 12.8 Å². The molecule has 35 heavy (non-hydrogen) atoms. The van der Waals surface area contributed by atoms with Crippen LogP contribution in [0.2, 0.25) is 0 Å². The lowest BCUT2D eigenvalue weighted by atomic mass is 10.0. The minimum absolute atomic E-state index is 0.142. The average Bonchev–Trinajstić information content (AvgIpc) is 3.33. The van der Waals surface area contributed by atoms with Crippen molar-refractivity contribution in [3.63, 3.8) is 0 Å². The molecule has 0 aliphatic carbocycles. The Labute approximate surface area is 205 Å². The van der Waals surface area contributed by atoms with Crippen LogP contribution in [0.1, 0.15) is 23.2 Å². The van der Waals surface area contributed by atoms with E-state index < -0.39 is 15.8 Å². The first-order chi connectivity index (χ1) is 17.0. The van der Waals surface area contributed by atoms with Gasteiger partial charge in [-0.15, -0.1) is 0 Å². The van der Waals surface area contributed by atoms with Gasteiger partial charge in [0.25, 0.3) is 0 Å². The van der Waals surface area contributed by atoms with E-state index in [1.54, 1.807) is 12.4 Å². The monoisotopic (exact) mass is 490 g/mol. The van der Waals surface area contributed by atoms with Gasteiger partial charge in [-0.2, -0.15) is 4.31 Å². The van der Waals surface area contributed by atoms with Crippen molar-refractivity contribution >= 4 is 15.7 Å². The molecule has 1 unspecified atom stereocenters. The molecule has 6 nitrogen and oxygen atoms in total. The normalized spacial score (nSPS) is 16.6. The van der Waals surface area contributed by atoms with Crippen LogP contribution in [0.3, 0.4) is 0 Å². The van der Waals surface area contributed by atoms with Gasteiger partial charge in [-0.05, 0) is 42.2 Å². The van der Waals surface area contributed by atoms with Crippen molar-refractivity contribution in [2.75, 3.05) is 11.4 Å². The molecule has 5 rings (SSSR count). The maximum Gasteiger partial charge on any atom is 0.246 e. The summed E-state index contributed by atoms with van der Waals surface area (Å²) in [6.07, 6.45) is 5.02. The van der Waals surface area contributed by atoms with Crippen LogP contribution in [-0.4, -0.2) is 35.3 Å². The number of benzene rings is 3. The quantitative estimate of drug-likeness (QED) is 0.406. The lowest BCUT2D eigenvalue weighted by molar-refractivity contribution is 0.368. The third-order valence-corrected chi connectivity index (χ3v) is 8.30. The highest BCUT2D eigenvalue weighted by atomic mass is 32.2. The number of aryl methyl sites for hydroxylation is 1. The second-order valence-electron chi connectivity index (χ2n) is 8.72. The predicted octanol–water partition coefficient (Wildman–Crippen LogP) is 4.76. The molecular weight excluding hydrogens is 463 g/mol. The Bertz CT molecular complexity index is 1380. The molecule has 8 heteroatoms. The van der Waals surface area contributed by atoms with Gasteiger partial charge in [-0.1, -0.05) is 60.7 Å². The lowest BCUT2D eigenvalue weighted by Gasteiger charge is -2.34. The molecule has 0 bridgehead atoms. The van der Waals surface area contributed by atoms with Crippen molar-refractivity contribution in [3.8, 4) is 0 Å². The topological polar surface area (TPSA) is 69.3 Å². The summed E-state index contributed by atoms with van der Waals surface area (Å²) in [4.78, 5) is 9.37. The van der Waals surface area contributed by atoms with Crippen LogP contribution in [0.5, 0.6) is 0 Å². The second kappa shape index (κ2) is 10.0. The number of para-hydroxylation sites is 1. The summed E-state index contributed by atoms with van der Waals surface area (Å²) in [6, 6.07) is 23.4. The van der Waals surface area contributed by atoms with E-state index in [4.69, 9.17) is 0 Å². The molecule has 3 aromatic carbocycles. The molecule has 1 aliphatic heterocycles. The van der Waals surface area contributed by atoms with E-state index >= 15 is 0 Å². The molecule has 1 atom stereocenters. The van der Waals surface area contributed by atoms with Gasteiger partial charge in [0, 0.05) is 31.0 Å². The third kappa shape index (κ3) is 4.99. The first-order valence-electron chi connectivity index (χ1n) is 11.6. The van der Waals surface area contributed by atoms with E-state index in [1.807, 2.05) is 48.7 Å². The van der Waals surface area contributed by atoms with Crippen molar-refractivity contribution in [3.05, 3.63) is 114 Å². The Morgan fingerprint density at radius 3 is 2.49 bits per heavy atom. The van der Waals surface area contributed by atoms with Gasteiger partial charge in [0.05, 0.1) is 18.6 Å². The van der Waals surface area contributed by atoms with Crippen LogP contribution >= 0.6 is 0 Å². The van der Waals surface area contributed by atoms with E-state index in [1.165, 1.54) is 28.1 Å². The number of imidazole rings is 1. The number of rotatable bonds is 7. The van der Waals surface area contributed by atoms with Crippen LogP contribution < -0.4 is 4.90 Å². The number of nitrogens with zero attached hydrogens (tertiary/aromatic N) is 3. The molecular formula is C27H27FN4O2S. The highest BCUT2D eigenvalue weighted by Gasteiger charge is 2.35. The molecule has 2 heterocycles. The summed E-state index contributed by atoms with van der Waals surface area (Å²) in [5.74, 6) is -0.737. The molecule has 0 radical (unpaired) electrons. The largest absolute Gasteiger partial charge is 0.361 e. The molecule has 4 aromatic rings. The summed E-state index contributed by atoms with van der Waals surface area (Å²) in [7, 11) is -4.05. The highest BCUT2D eigenvalue weighted by Crippen LogP contribution is 2.33. The Hall–Kier alpha value is -3.49. The van der Waals surface area contributed by atoms with E-state index in [0.717, 1.165) is 29.8 Å². The smallest absolute Gasteiger partial charge is 0.246 e. The van der Waals surface area contributed by atoms with Gasteiger partial charge in [-0.25, -0.2) is 17.8 Å². The van der Waals surface area contributed by atoms with Crippen LogP contribution in [0, 0.1) is 5.82 Å². The van der Waals surface area contributed by atoms with Gasteiger partial charge in [-0.3, -0.25) is 0 Å². The molecule has 0 amide bonds. The van der Waals surface area contributed by atoms with Gasteiger partial charge >= 0.3 is 0 Å². The van der Waals surface area contributed by atoms with Crippen LogP contribution in [0.15, 0.2) is 96.3 Å². The molecule has 1 N–H and O–H groups in total. The van der Waals surface area contributed by atoms with Crippen molar-refractivity contribution in [2.45, 2.75) is 36.9 Å². The average molecular weight is 491 g/mol. The minimum atomic E-state index is -4.05. The Kier molecular flexibility index (Phi) is 6.66. The van der Waals surface area contributed by atoms with Crippen molar-refractivity contribution in [2.24, 2.45) is 0 Å². The number of aromatic amines is 1. The maximum absolute atomic E-state index is 14.6. The second-order valence-corrected chi connectivity index (χ2v) is 10.6. The van der Waals surface area contributed by atoms with Gasteiger partial charge < -0.3 is 9.88 Å². The van der Waals surface area contributed by atoms with Crippen LogP contribution in [-0.2, 0) is 29.5 Å². The Balaban J connectivity index is 1.55. The molecule has 0 saturated heterocycles. The number of fused-ring (bicyclic) bond motifs is 1. The number of H-pyrrole nitrogens is 1. The zero-order valence-corrected chi connectivity index (χ0v) is 20.0. The lowest BCUT2D eigenvalue weighted by Crippen LogP contribution is -2.43. The highest BCUT2D eigenvalue weighted by molar-refractivity contribution is 7.89. The number of hydrogen-bond acceptors (Lipinski definition) is 4. The first-order valence-corrected chi connectivity index (χ1v) is 13.1. The summed E-state index contributed by atoms with van der Waals surface area (Å²) in [5.41, 5.74) is 3.91. The van der Waals surface area contributed by atoms with Gasteiger partial charge in [0.1, 0.15) is 10.7 Å². The molecule has 0 fully saturated rings. The summed E-state index contributed by atoms with van der Waals surface area (Å²) < 4.78 is 43.4. The Morgan fingerprint density at radius 2 is 1.71 bits per heavy atom. The maximum atomic E-state index is 14.6. The Morgan fingerprint density at radius 1 is 0.971 bits per heavy atom. The molecule has 180 valence electrons. The van der Waals surface area contributed by atoms with Crippen LogP contribution in [0.4, 0.5) is 10.1 Å². The number of hydrogen-bond donors (Lipinski definition) is 1. The minimum Gasteiger partial charge on any atom is -0.361 e. The zero-order chi connectivity index (χ0) is 24.3. The van der Waals surface area contributed by atoms with Gasteiger partial charge in [0.2, 0.25) is 10.0 Å². The fraction of sp³-hybridized carbons (Fsp3) is 0.222. The molecule has 0 spiro atoms. The fourth-order valence-electron chi connectivity index (χ4n) is 4.68. The van der Waals surface area contributed by atoms with Crippen molar-refractivity contribution in [1.82, 2.24) is 14.3 Å². The molecule has 0 saturated carbocycles. The number of halogens is 1. The molecule has 1 aromatic heterocycles. The summed E-state index contributed by atoms with van der Waals surface area (Å²) in [6.45, 7) is 0.946. The number of anilines is 1. The van der Waals surface area contributed by atoms with E-state index in [-0.39, 0.29) is 24.0 Å².